The number of halogens is 3. The molecule has 0 aliphatic carbocycles. The summed E-state index contributed by atoms with van der Waals surface area (Å²) in [4.78, 5) is 38.9. The summed E-state index contributed by atoms with van der Waals surface area (Å²) in [5.74, 6) is -1.18. The van der Waals surface area contributed by atoms with Gasteiger partial charge in [0.05, 0.1) is 0 Å². The third-order valence-corrected chi connectivity index (χ3v) is 13.4. The molecule has 0 aromatic heterocycles. The Kier molecular flexibility index (Phi) is 10.8. The summed E-state index contributed by atoms with van der Waals surface area (Å²) in [6, 6.07) is 20.0. The SMILES string of the molecule is CC(C)=C(C(=O)OC(Cl)C(Cl)Cl)N1CC(SC(=O)CO[Si](c2ccccc2)(c2ccccc2)C(C)(C)C)C1=O. The molecule has 1 fully saturated rings. The summed E-state index contributed by atoms with van der Waals surface area (Å²) in [6.45, 7) is 9.76. The van der Waals surface area contributed by atoms with Crippen molar-refractivity contribution in [2.24, 2.45) is 0 Å². The minimum atomic E-state index is -2.89. The molecule has 6 nitrogen and oxygen atoms in total. The lowest BCUT2D eigenvalue weighted by Gasteiger charge is -2.43. The molecule has 1 amide bonds. The highest BCUT2D eigenvalue weighted by Gasteiger charge is 2.51. The van der Waals surface area contributed by atoms with Gasteiger partial charge in [0, 0.05) is 6.54 Å². The Balaban J connectivity index is 1.74. The molecule has 0 saturated carbocycles. The molecular formula is C28H32Cl3NO5SSi. The van der Waals surface area contributed by atoms with Crippen LogP contribution in [0.1, 0.15) is 34.6 Å². The topological polar surface area (TPSA) is 72.9 Å². The van der Waals surface area contributed by atoms with Crippen LogP contribution in [0.25, 0.3) is 0 Å². The molecule has 3 rings (SSSR count). The Labute approximate surface area is 250 Å². The van der Waals surface area contributed by atoms with E-state index in [4.69, 9.17) is 44.0 Å². The normalized spacial score (nSPS) is 16.5. The number of β-lactam (4-membered cyclic amide) rings is 1. The van der Waals surface area contributed by atoms with Gasteiger partial charge in [-0.1, -0.05) is 128 Å². The number of hydrogen-bond donors (Lipinski definition) is 0. The average molecular weight is 629 g/mol. The number of carbonyl (C=O) groups excluding carboxylic acids is 3. The number of likely N-dealkylation sites (tertiary alicyclic amines) is 1. The van der Waals surface area contributed by atoms with E-state index in [1.807, 2.05) is 36.4 Å². The minimum absolute atomic E-state index is 0.0625. The van der Waals surface area contributed by atoms with Crippen molar-refractivity contribution in [3.8, 4) is 0 Å². The molecule has 210 valence electrons. The Morgan fingerprint density at radius 2 is 1.51 bits per heavy atom. The van der Waals surface area contributed by atoms with E-state index in [2.05, 4.69) is 45.0 Å². The lowest BCUT2D eigenvalue weighted by atomic mass is 10.1. The summed E-state index contributed by atoms with van der Waals surface area (Å²) >= 11 is 18.1. The highest BCUT2D eigenvalue weighted by molar-refractivity contribution is 8.14. The molecule has 1 saturated heterocycles. The smallest absolute Gasteiger partial charge is 0.356 e. The van der Waals surface area contributed by atoms with Crippen LogP contribution < -0.4 is 10.4 Å². The molecule has 1 heterocycles. The molecule has 1 aliphatic heterocycles. The van der Waals surface area contributed by atoms with Crippen LogP contribution >= 0.6 is 46.6 Å². The third-order valence-electron chi connectivity index (χ3n) is 6.34. The molecule has 2 aromatic rings. The van der Waals surface area contributed by atoms with Gasteiger partial charge in [-0.2, -0.15) is 0 Å². The van der Waals surface area contributed by atoms with Crippen LogP contribution in [0.2, 0.25) is 5.04 Å². The van der Waals surface area contributed by atoms with Gasteiger partial charge >= 0.3 is 5.97 Å². The first-order chi connectivity index (χ1) is 18.3. The van der Waals surface area contributed by atoms with Gasteiger partial charge in [-0.15, -0.1) is 0 Å². The van der Waals surface area contributed by atoms with Gasteiger partial charge in [-0.05, 0) is 34.8 Å². The second-order valence-corrected chi connectivity index (χ2v) is 17.5. The van der Waals surface area contributed by atoms with Crippen LogP contribution in [0.15, 0.2) is 71.9 Å². The van der Waals surface area contributed by atoms with Crippen LogP contribution in [0, 0.1) is 0 Å². The lowest BCUT2D eigenvalue weighted by Crippen LogP contribution is -2.67. The van der Waals surface area contributed by atoms with Gasteiger partial charge in [0.25, 0.3) is 8.32 Å². The molecular weight excluding hydrogens is 597 g/mol. The summed E-state index contributed by atoms with van der Waals surface area (Å²) in [5.41, 5.74) is -0.646. The Morgan fingerprint density at radius 1 is 1.00 bits per heavy atom. The van der Waals surface area contributed by atoms with Crippen molar-refractivity contribution >= 4 is 82.2 Å². The van der Waals surface area contributed by atoms with E-state index in [0.29, 0.717) is 5.57 Å². The monoisotopic (exact) mass is 627 g/mol. The number of amides is 1. The third kappa shape index (κ3) is 7.10. The predicted molar refractivity (Wildman–Crippen MR) is 161 cm³/mol. The van der Waals surface area contributed by atoms with Crippen molar-refractivity contribution in [1.29, 1.82) is 0 Å². The largest absolute Gasteiger partial charge is 0.438 e. The van der Waals surface area contributed by atoms with Crippen LogP contribution in [-0.4, -0.2) is 59.0 Å². The fourth-order valence-corrected chi connectivity index (χ4v) is 10.3. The lowest BCUT2D eigenvalue weighted by molar-refractivity contribution is -0.148. The maximum Gasteiger partial charge on any atom is 0.356 e. The second-order valence-electron chi connectivity index (χ2n) is 10.3. The standard InChI is InChI=1S/C28H32Cl3NO5SSi/c1-18(2)23(27(35)37-25(31)24(29)30)32-16-21(26(32)34)38-22(33)17-36-39(28(3,4)5,19-12-8-6-9-13-19)20-14-10-7-11-15-20/h6-15,21,24-25H,16-17H2,1-5H3. The van der Waals surface area contributed by atoms with Crippen molar-refractivity contribution in [2.75, 3.05) is 13.2 Å². The predicted octanol–water partition coefficient (Wildman–Crippen LogP) is 5.24. The fourth-order valence-electron chi connectivity index (χ4n) is 4.60. The fraction of sp³-hybridized carbons (Fsp3) is 0.393. The van der Waals surface area contributed by atoms with E-state index in [-0.39, 0.29) is 34.9 Å². The number of alkyl halides is 3. The average Bonchev–Trinajstić information content (AvgIpc) is 2.88. The zero-order valence-electron chi connectivity index (χ0n) is 22.5. The number of allylic oxidation sites excluding steroid dienone is 1. The number of carbonyl (C=O) groups is 3. The van der Waals surface area contributed by atoms with E-state index in [9.17, 15) is 14.4 Å². The van der Waals surface area contributed by atoms with Gasteiger partial charge in [0.2, 0.25) is 16.6 Å². The zero-order chi connectivity index (χ0) is 29.0. The summed E-state index contributed by atoms with van der Waals surface area (Å²) in [7, 11) is -2.89. The molecule has 0 radical (unpaired) electrons. The Morgan fingerprint density at radius 3 is 1.92 bits per heavy atom. The van der Waals surface area contributed by atoms with Crippen LogP contribution in [0.5, 0.6) is 0 Å². The van der Waals surface area contributed by atoms with Crippen LogP contribution in [0.4, 0.5) is 0 Å². The van der Waals surface area contributed by atoms with Gasteiger partial charge in [0.15, 0.2) is 4.84 Å². The van der Waals surface area contributed by atoms with Crippen molar-refractivity contribution < 1.29 is 23.5 Å². The van der Waals surface area contributed by atoms with Crippen molar-refractivity contribution in [2.45, 2.75) is 55.3 Å². The number of rotatable bonds is 10. The quantitative estimate of drug-likeness (QED) is 0.118. The molecule has 2 aromatic carbocycles. The molecule has 1 aliphatic rings. The Hall–Kier alpha value is -1.81. The van der Waals surface area contributed by atoms with E-state index in [1.54, 1.807) is 13.8 Å². The Bertz CT molecular complexity index is 1180. The van der Waals surface area contributed by atoms with Crippen LogP contribution in [-0.2, 0) is 23.5 Å². The maximum absolute atomic E-state index is 13.1. The number of esters is 1. The molecule has 2 unspecified atom stereocenters. The highest BCUT2D eigenvalue weighted by Crippen LogP contribution is 2.37. The number of ether oxygens (including phenoxy) is 1. The van der Waals surface area contributed by atoms with Crippen LogP contribution in [0.3, 0.4) is 0 Å². The first kappa shape index (κ1) is 31.7. The van der Waals surface area contributed by atoms with Crippen molar-refractivity contribution in [1.82, 2.24) is 4.90 Å². The maximum atomic E-state index is 13.1. The van der Waals surface area contributed by atoms with E-state index in [0.717, 1.165) is 22.1 Å². The molecule has 39 heavy (non-hydrogen) atoms. The first-order valence-electron chi connectivity index (χ1n) is 12.4. The number of nitrogens with zero attached hydrogens (tertiary/aromatic N) is 1. The molecule has 0 N–H and O–H groups in total. The van der Waals surface area contributed by atoms with Gasteiger partial charge in [-0.3, -0.25) is 9.59 Å². The number of benzene rings is 2. The van der Waals surface area contributed by atoms with E-state index in [1.165, 1.54) is 4.90 Å². The summed E-state index contributed by atoms with van der Waals surface area (Å²) in [5, 5.41) is 0.951. The first-order valence-corrected chi connectivity index (χ1v) is 16.5. The number of thioether (sulfide) groups is 1. The van der Waals surface area contributed by atoms with Crippen molar-refractivity contribution in [3.63, 3.8) is 0 Å². The molecule has 0 bridgehead atoms. The number of hydrogen-bond acceptors (Lipinski definition) is 6. The molecule has 2 atom stereocenters. The summed E-state index contributed by atoms with van der Waals surface area (Å²) < 4.78 is 11.7. The highest BCUT2D eigenvalue weighted by atomic mass is 35.5. The second kappa shape index (κ2) is 13.2. The van der Waals surface area contributed by atoms with Gasteiger partial charge < -0.3 is 14.1 Å². The summed E-state index contributed by atoms with van der Waals surface area (Å²) in [6.07, 6.45) is 0. The zero-order valence-corrected chi connectivity index (χ0v) is 26.5. The van der Waals surface area contributed by atoms with Gasteiger partial charge in [0.1, 0.15) is 17.6 Å². The van der Waals surface area contributed by atoms with E-state index < -0.39 is 29.9 Å². The molecule has 0 spiro atoms. The van der Waals surface area contributed by atoms with Crippen molar-refractivity contribution in [3.05, 3.63) is 71.9 Å². The minimum Gasteiger partial charge on any atom is -0.438 e. The molecule has 11 heteroatoms. The van der Waals surface area contributed by atoms with E-state index >= 15 is 0 Å². The van der Waals surface area contributed by atoms with Gasteiger partial charge in [-0.25, -0.2) is 4.79 Å².